The van der Waals surface area contributed by atoms with Crippen molar-refractivity contribution >= 4 is 9.84 Å². The Labute approximate surface area is 114 Å². The molecule has 1 saturated carbocycles. The van der Waals surface area contributed by atoms with Crippen molar-refractivity contribution in [1.29, 1.82) is 0 Å². The lowest BCUT2D eigenvalue weighted by Gasteiger charge is -2.46. The number of rotatable bonds is 3. The van der Waals surface area contributed by atoms with Gasteiger partial charge in [0.25, 0.3) is 0 Å². The van der Waals surface area contributed by atoms with Gasteiger partial charge in [0, 0.05) is 7.11 Å². The van der Waals surface area contributed by atoms with Crippen molar-refractivity contribution in [2.24, 2.45) is 5.92 Å². The Morgan fingerprint density at radius 2 is 2.00 bits per heavy atom. The third kappa shape index (κ3) is 1.94. The van der Waals surface area contributed by atoms with Gasteiger partial charge in [-0.25, -0.2) is 8.42 Å². The first-order chi connectivity index (χ1) is 9.08. The smallest absolute Gasteiger partial charge is 0.184 e. The molecular weight excluding hydrogens is 260 g/mol. The number of fused-ring (bicyclic) bond motifs is 2. The fourth-order valence-electron chi connectivity index (χ4n) is 3.29. The summed E-state index contributed by atoms with van der Waals surface area (Å²) < 4.78 is 31.3. The lowest BCUT2D eigenvalue weighted by atomic mass is 9.72. The predicted molar refractivity (Wildman–Crippen MR) is 73.6 cm³/mol. The van der Waals surface area contributed by atoms with Crippen LogP contribution in [0.5, 0.6) is 0 Å². The highest BCUT2D eigenvalue weighted by molar-refractivity contribution is 7.92. The van der Waals surface area contributed by atoms with E-state index < -0.39 is 20.7 Å². The first-order valence-corrected chi connectivity index (χ1v) is 8.16. The van der Waals surface area contributed by atoms with E-state index in [9.17, 15) is 8.42 Å². The second-order valence-corrected chi connectivity index (χ2v) is 7.53. The first kappa shape index (κ1) is 12.9. The molecule has 4 heteroatoms. The molecule has 0 heterocycles. The fourth-order valence-corrected chi connectivity index (χ4v) is 5.48. The largest absolute Gasteiger partial charge is 0.373 e. The summed E-state index contributed by atoms with van der Waals surface area (Å²) in [4.78, 5) is 0.400. The molecule has 19 heavy (non-hydrogen) atoms. The molecule has 3 nitrogen and oxygen atoms in total. The lowest BCUT2D eigenvalue weighted by molar-refractivity contribution is -0.0107. The van der Waals surface area contributed by atoms with Crippen LogP contribution in [0.3, 0.4) is 0 Å². The summed E-state index contributed by atoms with van der Waals surface area (Å²) in [6.07, 6.45) is 6.56. The first-order valence-electron chi connectivity index (χ1n) is 6.62. The van der Waals surface area contributed by atoms with Crippen molar-refractivity contribution in [3.63, 3.8) is 0 Å². The molecule has 0 amide bonds. The van der Waals surface area contributed by atoms with Crippen molar-refractivity contribution in [3.05, 3.63) is 42.5 Å². The monoisotopic (exact) mass is 278 g/mol. The van der Waals surface area contributed by atoms with E-state index in [1.807, 2.05) is 12.1 Å². The van der Waals surface area contributed by atoms with Gasteiger partial charge >= 0.3 is 0 Å². The van der Waals surface area contributed by atoms with Crippen molar-refractivity contribution in [2.45, 2.75) is 35.0 Å². The Hall–Kier alpha value is -1.13. The van der Waals surface area contributed by atoms with Gasteiger partial charge in [0.1, 0.15) is 5.60 Å². The van der Waals surface area contributed by atoms with Crippen LogP contribution in [0.4, 0.5) is 0 Å². The van der Waals surface area contributed by atoms with E-state index in [0.717, 1.165) is 12.8 Å². The number of benzene rings is 1. The van der Waals surface area contributed by atoms with E-state index in [0.29, 0.717) is 17.2 Å². The Kier molecular flexibility index (Phi) is 3.02. The summed E-state index contributed by atoms with van der Waals surface area (Å²) in [6, 6.07) is 8.71. The number of methoxy groups -OCH3 is 1. The summed E-state index contributed by atoms with van der Waals surface area (Å²) in [7, 11) is -1.73. The maximum atomic E-state index is 12.8. The van der Waals surface area contributed by atoms with Gasteiger partial charge in [0.2, 0.25) is 0 Å². The van der Waals surface area contributed by atoms with Gasteiger partial charge in [-0.2, -0.15) is 0 Å². The molecule has 3 aliphatic rings. The van der Waals surface area contributed by atoms with E-state index in [1.165, 1.54) is 0 Å². The minimum Gasteiger partial charge on any atom is -0.373 e. The average molecular weight is 278 g/mol. The van der Waals surface area contributed by atoms with Crippen LogP contribution in [-0.4, -0.2) is 26.4 Å². The van der Waals surface area contributed by atoms with Crippen LogP contribution in [0.2, 0.25) is 0 Å². The Morgan fingerprint density at radius 1 is 1.26 bits per heavy atom. The number of ether oxygens (including phenoxy) is 1. The lowest BCUT2D eigenvalue weighted by Crippen LogP contribution is -2.53. The summed E-state index contributed by atoms with van der Waals surface area (Å²) in [5.41, 5.74) is -0.635. The molecule has 4 rings (SSSR count). The van der Waals surface area contributed by atoms with Crippen molar-refractivity contribution in [3.8, 4) is 0 Å². The highest BCUT2D eigenvalue weighted by atomic mass is 32.2. The highest BCUT2D eigenvalue weighted by Gasteiger charge is 2.51. The molecule has 2 bridgehead atoms. The summed E-state index contributed by atoms with van der Waals surface area (Å²) in [6.45, 7) is 0. The molecule has 3 atom stereocenters. The third-order valence-electron chi connectivity index (χ3n) is 4.44. The maximum absolute atomic E-state index is 12.8. The topological polar surface area (TPSA) is 43.4 Å². The second kappa shape index (κ2) is 4.46. The molecule has 102 valence electrons. The predicted octanol–water partition coefficient (Wildman–Crippen LogP) is 2.58. The molecule has 1 aromatic rings. The van der Waals surface area contributed by atoms with E-state index in [-0.39, 0.29) is 0 Å². The van der Waals surface area contributed by atoms with Crippen molar-refractivity contribution in [2.75, 3.05) is 7.11 Å². The minimum atomic E-state index is -3.34. The molecule has 1 fully saturated rings. The van der Waals surface area contributed by atoms with Crippen LogP contribution in [0.25, 0.3) is 0 Å². The Bertz CT molecular complexity index is 591. The van der Waals surface area contributed by atoms with E-state index in [2.05, 4.69) is 6.08 Å². The molecule has 0 N–H and O–H groups in total. The molecule has 0 unspecified atom stereocenters. The quantitative estimate of drug-likeness (QED) is 0.798. The van der Waals surface area contributed by atoms with Crippen LogP contribution in [-0.2, 0) is 14.6 Å². The highest BCUT2D eigenvalue weighted by Crippen LogP contribution is 2.46. The van der Waals surface area contributed by atoms with Crippen LogP contribution in [0.1, 0.15) is 19.3 Å². The molecule has 0 spiro atoms. The average Bonchev–Trinajstić information content (AvgIpc) is 2.49. The normalized spacial score (nSPS) is 33.5. The van der Waals surface area contributed by atoms with Gasteiger partial charge < -0.3 is 4.74 Å². The zero-order valence-corrected chi connectivity index (χ0v) is 11.8. The van der Waals surface area contributed by atoms with Crippen molar-refractivity contribution < 1.29 is 13.2 Å². The number of allylic oxidation sites excluding steroid dienone is 1. The van der Waals surface area contributed by atoms with Gasteiger partial charge in [0.05, 0.1) is 10.1 Å². The summed E-state index contributed by atoms with van der Waals surface area (Å²) in [5, 5.41) is -0.462. The van der Waals surface area contributed by atoms with Crippen LogP contribution >= 0.6 is 0 Å². The molecule has 3 aliphatic carbocycles. The standard InChI is InChI=1S/C15H18O3S/c1-18-15-9-7-12(8-10-15)11-14(15)19(16,17)13-5-3-2-4-6-13/h2-7,9,12,14H,8,10-11H2,1H3/t12-,14-,15+/m0/s1. The maximum Gasteiger partial charge on any atom is 0.184 e. The number of sulfone groups is 1. The van der Waals surface area contributed by atoms with Crippen molar-refractivity contribution in [1.82, 2.24) is 0 Å². The van der Waals surface area contributed by atoms with Gasteiger partial charge in [-0.3, -0.25) is 0 Å². The van der Waals surface area contributed by atoms with E-state index in [1.54, 1.807) is 31.4 Å². The molecular formula is C15H18O3S. The molecule has 0 saturated heterocycles. The zero-order valence-electron chi connectivity index (χ0n) is 11.0. The number of hydrogen-bond acceptors (Lipinski definition) is 3. The van der Waals surface area contributed by atoms with Gasteiger partial charge in [0.15, 0.2) is 9.84 Å². The SMILES string of the molecule is CO[C@]12C=C[C@@H](CC1)C[C@@H]2S(=O)(=O)c1ccccc1. The van der Waals surface area contributed by atoms with Crippen LogP contribution in [0.15, 0.2) is 47.4 Å². The van der Waals surface area contributed by atoms with E-state index >= 15 is 0 Å². The summed E-state index contributed by atoms with van der Waals surface area (Å²) in [5.74, 6) is 0.375. The third-order valence-corrected chi connectivity index (χ3v) is 6.71. The number of hydrogen-bond donors (Lipinski definition) is 0. The van der Waals surface area contributed by atoms with Gasteiger partial charge in [-0.05, 0) is 37.3 Å². The van der Waals surface area contributed by atoms with Crippen LogP contribution < -0.4 is 0 Å². The zero-order chi connectivity index (χ0) is 13.5. The summed E-state index contributed by atoms with van der Waals surface area (Å²) >= 11 is 0. The minimum absolute atomic E-state index is 0.375. The van der Waals surface area contributed by atoms with Crippen LogP contribution in [0, 0.1) is 5.92 Å². The molecule has 0 aromatic heterocycles. The Morgan fingerprint density at radius 3 is 2.58 bits per heavy atom. The van der Waals surface area contributed by atoms with Gasteiger partial charge in [-0.15, -0.1) is 0 Å². The Balaban J connectivity index is 2.05. The van der Waals surface area contributed by atoms with E-state index in [4.69, 9.17) is 4.74 Å². The molecule has 1 aromatic carbocycles. The fraction of sp³-hybridized carbons (Fsp3) is 0.467. The second-order valence-electron chi connectivity index (χ2n) is 5.40. The molecule has 0 radical (unpaired) electrons. The molecule has 0 aliphatic heterocycles. The van der Waals surface area contributed by atoms with Gasteiger partial charge in [-0.1, -0.05) is 30.4 Å².